The second-order valence-electron chi connectivity index (χ2n) is 4.96. The first-order valence-corrected chi connectivity index (χ1v) is 6.37. The van der Waals surface area contributed by atoms with Gasteiger partial charge in [0.25, 0.3) is 0 Å². The van der Waals surface area contributed by atoms with Crippen LogP contribution in [0.2, 0.25) is 0 Å². The maximum Gasteiger partial charge on any atom is 0.143 e. The van der Waals surface area contributed by atoms with Crippen molar-refractivity contribution in [2.45, 2.75) is 39.5 Å². The molecule has 1 saturated heterocycles. The highest BCUT2D eigenvalue weighted by molar-refractivity contribution is 5.82. The zero-order chi connectivity index (χ0) is 12.0. The van der Waals surface area contributed by atoms with Gasteiger partial charge in [0.05, 0.1) is 0 Å². The summed E-state index contributed by atoms with van der Waals surface area (Å²) in [6.07, 6.45) is 5.27. The summed E-state index contributed by atoms with van der Waals surface area (Å²) in [4.78, 5) is 2.43. The van der Waals surface area contributed by atoms with E-state index in [0.29, 0.717) is 5.84 Å². The Balaban J connectivity index is 2.26. The third-order valence-electron chi connectivity index (χ3n) is 3.56. The molecule has 4 heteroatoms. The molecule has 94 valence electrons. The number of nitrogens with two attached hydrogens (primary N) is 1. The van der Waals surface area contributed by atoms with Gasteiger partial charge in [-0.1, -0.05) is 31.8 Å². The predicted molar refractivity (Wildman–Crippen MR) is 66.6 cm³/mol. The smallest absolute Gasteiger partial charge is 0.143 e. The van der Waals surface area contributed by atoms with Crippen molar-refractivity contribution in [1.29, 1.82) is 0 Å². The fourth-order valence-electron chi connectivity index (χ4n) is 2.45. The predicted octanol–water partition coefficient (Wildman–Crippen LogP) is 1.88. The summed E-state index contributed by atoms with van der Waals surface area (Å²) in [6.45, 7) is 7.50. The number of nitrogens with zero attached hydrogens (tertiary/aromatic N) is 2. The van der Waals surface area contributed by atoms with Gasteiger partial charge in [-0.2, -0.15) is 0 Å². The van der Waals surface area contributed by atoms with Crippen LogP contribution in [0.15, 0.2) is 5.16 Å². The third kappa shape index (κ3) is 4.00. The average molecular weight is 227 g/mol. The van der Waals surface area contributed by atoms with Crippen LogP contribution < -0.4 is 5.73 Å². The Morgan fingerprint density at radius 2 is 2.12 bits per heavy atom. The van der Waals surface area contributed by atoms with E-state index < -0.39 is 0 Å². The molecule has 0 saturated carbocycles. The Bertz CT molecular complexity index is 222. The second kappa shape index (κ2) is 6.74. The zero-order valence-electron chi connectivity index (χ0n) is 10.5. The summed E-state index contributed by atoms with van der Waals surface area (Å²) in [5.41, 5.74) is 5.58. The molecule has 0 aromatic rings. The molecule has 3 N–H and O–H groups in total. The molecule has 1 aliphatic rings. The normalized spacial score (nSPS) is 22.2. The molecule has 0 bridgehead atoms. The van der Waals surface area contributed by atoms with Crippen molar-refractivity contribution < 1.29 is 5.21 Å². The Labute approximate surface area is 98.5 Å². The van der Waals surface area contributed by atoms with Crippen LogP contribution >= 0.6 is 0 Å². The molecule has 1 fully saturated rings. The lowest BCUT2D eigenvalue weighted by Gasteiger charge is -2.33. The van der Waals surface area contributed by atoms with Crippen molar-refractivity contribution >= 4 is 5.84 Å². The van der Waals surface area contributed by atoms with Crippen LogP contribution in [-0.2, 0) is 0 Å². The second-order valence-corrected chi connectivity index (χ2v) is 4.96. The van der Waals surface area contributed by atoms with Crippen molar-refractivity contribution in [3.05, 3.63) is 0 Å². The van der Waals surface area contributed by atoms with E-state index in [1.165, 1.54) is 25.7 Å². The molecule has 1 rings (SSSR count). The first-order chi connectivity index (χ1) is 7.67. The molecule has 0 amide bonds. The topological polar surface area (TPSA) is 61.8 Å². The molecule has 1 aliphatic heterocycles. The summed E-state index contributed by atoms with van der Waals surface area (Å²) in [6, 6.07) is 0. The molecule has 1 heterocycles. The quantitative estimate of drug-likeness (QED) is 0.326. The maximum atomic E-state index is 8.59. The van der Waals surface area contributed by atoms with Crippen LogP contribution in [0.1, 0.15) is 39.5 Å². The number of piperidine rings is 1. The van der Waals surface area contributed by atoms with Crippen molar-refractivity contribution in [2.24, 2.45) is 22.7 Å². The Hall–Kier alpha value is -0.770. The Morgan fingerprint density at radius 1 is 1.50 bits per heavy atom. The summed E-state index contributed by atoms with van der Waals surface area (Å²) in [5.74, 6) is 1.41. The van der Waals surface area contributed by atoms with E-state index in [4.69, 9.17) is 10.9 Å². The number of hydrogen-bond donors (Lipinski definition) is 2. The van der Waals surface area contributed by atoms with Crippen LogP contribution in [0.3, 0.4) is 0 Å². The van der Waals surface area contributed by atoms with E-state index in [0.717, 1.165) is 25.6 Å². The zero-order valence-corrected chi connectivity index (χ0v) is 10.5. The molecule has 4 nitrogen and oxygen atoms in total. The Morgan fingerprint density at radius 3 is 2.62 bits per heavy atom. The molecular formula is C12H25N3O. The SMILES string of the molecule is CCCC1CCN(CC(C)C(N)=NO)CC1. The van der Waals surface area contributed by atoms with E-state index in [-0.39, 0.29) is 5.92 Å². The molecule has 1 unspecified atom stereocenters. The molecule has 0 aromatic carbocycles. The first-order valence-electron chi connectivity index (χ1n) is 6.37. The van der Waals surface area contributed by atoms with Gasteiger partial charge >= 0.3 is 0 Å². The van der Waals surface area contributed by atoms with E-state index in [9.17, 15) is 0 Å². The highest BCUT2D eigenvalue weighted by Gasteiger charge is 2.20. The first kappa shape index (κ1) is 13.3. The largest absolute Gasteiger partial charge is 0.409 e. The van der Waals surface area contributed by atoms with Gasteiger partial charge in [0, 0.05) is 12.5 Å². The lowest BCUT2D eigenvalue weighted by molar-refractivity contribution is 0.169. The minimum atomic E-state index is 0.146. The summed E-state index contributed by atoms with van der Waals surface area (Å²) >= 11 is 0. The summed E-state index contributed by atoms with van der Waals surface area (Å²) in [7, 11) is 0. The van der Waals surface area contributed by atoms with Gasteiger partial charge in [-0.25, -0.2) is 0 Å². The average Bonchev–Trinajstić information content (AvgIpc) is 2.31. The number of rotatable bonds is 5. The highest BCUT2D eigenvalue weighted by atomic mass is 16.4. The molecule has 0 aliphatic carbocycles. The van der Waals surface area contributed by atoms with Crippen LogP contribution in [0.5, 0.6) is 0 Å². The Kier molecular flexibility index (Phi) is 5.60. The summed E-state index contributed by atoms with van der Waals surface area (Å²) < 4.78 is 0. The van der Waals surface area contributed by atoms with Crippen LogP contribution in [0.4, 0.5) is 0 Å². The number of likely N-dealkylation sites (tertiary alicyclic amines) is 1. The number of oxime groups is 1. The van der Waals surface area contributed by atoms with Gasteiger partial charge in [0.1, 0.15) is 5.84 Å². The molecular weight excluding hydrogens is 202 g/mol. The van der Waals surface area contributed by atoms with Crippen molar-refractivity contribution in [3.63, 3.8) is 0 Å². The molecule has 0 spiro atoms. The van der Waals surface area contributed by atoms with E-state index >= 15 is 0 Å². The molecule has 1 atom stereocenters. The van der Waals surface area contributed by atoms with Gasteiger partial charge < -0.3 is 15.8 Å². The van der Waals surface area contributed by atoms with Gasteiger partial charge in [-0.15, -0.1) is 0 Å². The van der Waals surface area contributed by atoms with Crippen molar-refractivity contribution in [2.75, 3.05) is 19.6 Å². The highest BCUT2D eigenvalue weighted by Crippen LogP contribution is 2.22. The van der Waals surface area contributed by atoms with Gasteiger partial charge in [0.15, 0.2) is 0 Å². The minimum absolute atomic E-state index is 0.146. The lowest BCUT2D eigenvalue weighted by Crippen LogP contribution is -2.39. The fraction of sp³-hybridized carbons (Fsp3) is 0.917. The van der Waals surface area contributed by atoms with E-state index in [1.807, 2.05) is 6.92 Å². The third-order valence-corrected chi connectivity index (χ3v) is 3.56. The van der Waals surface area contributed by atoms with Crippen molar-refractivity contribution in [1.82, 2.24) is 4.90 Å². The molecule has 16 heavy (non-hydrogen) atoms. The van der Waals surface area contributed by atoms with Crippen LogP contribution in [-0.4, -0.2) is 35.6 Å². The lowest BCUT2D eigenvalue weighted by atomic mass is 9.92. The van der Waals surface area contributed by atoms with Crippen LogP contribution in [0, 0.1) is 11.8 Å². The fourth-order valence-corrected chi connectivity index (χ4v) is 2.45. The molecule has 0 radical (unpaired) electrons. The number of hydrogen-bond acceptors (Lipinski definition) is 3. The monoisotopic (exact) mass is 227 g/mol. The number of amidine groups is 1. The standard InChI is InChI=1S/C12H25N3O/c1-3-4-11-5-7-15(8-6-11)9-10(2)12(13)14-16/h10-11,16H,3-9H2,1-2H3,(H2,13,14). The minimum Gasteiger partial charge on any atom is -0.409 e. The van der Waals surface area contributed by atoms with Crippen LogP contribution in [0.25, 0.3) is 0 Å². The van der Waals surface area contributed by atoms with Crippen molar-refractivity contribution in [3.8, 4) is 0 Å². The maximum absolute atomic E-state index is 8.59. The van der Waals surface area contributed by atoms with E-state index in [2.05, 4.69) is 17.0 Å². The van der Waals surface area contributed by atoms with Gasteiger partial charge in [-0.05, 0) is 31.8 Å². The molecule has 0 aromatic heterocycles. The summed E-state index contributed by atoms with van der Waals surface area (Å²) in [5, 5.41) is 11.7. The van der Waals surface area contributed by atoms with E-state index in [1.54, 1.807) is 0 Å². The van der Waals surface area contributed by atoms with Gasteiger partial charge in [0.2, 0.25) is 0 Å². The van der Waals surface area contributed by atoms with Gasteiger partial charge in [-0.3, -0.25) is 0 Å².